The monoisotopic (exact) mass is 281 g/mol. The molecule has 5 heteroatoms. The van der Waals surface area contributed by atoms with E-state index in [0.717, 1.165) is 29.1 Å². The van der Waals surface area contributed by atoms with E-state index in [0.29, 0.717) is 10.7 Å². The zero-order valence-electron chi connectivity index (χ0n) is 10.6. The van der Waals surface area contributed by atoms with Crippen LogP contribution in [0.2, 0.25) is 5.28 Å². The minimum absolute atomic E-state index is 0.352. The molecule has 3 nitrogen and oxygen atoms in total. The standard InChI is InChI=1S/C13H16ClN3S/c1-13(2)4-6-17(7-5-13)10-9-3-8-18-11(9)16-12(14)15-10/h3,8H,4-7H2,1-2H3. The Bertz CT molecular complexity index is 569. The molecule has 3 heterocycles. The summed E-state index contributed by atoms with van der Waals surface area (Å²) in [5.41, 5.74) is 0.446. The van der Waals surface area contributed by atoms with Gasteiger partial charge in [-0.25, -0.2) is 4.98 Å². The third-order valence-corrected chi connectivity index (χ3v) is 4.67. The number of anilines is 1. The van der Waals surface area contributed by atoms with Crippen molar-refractivity contribution in [1.82, 2.24) is 9.97 Å². The minimum Gasteiger partial charge on any atom is -0.356 e. The van der Waals surface area contributed by atoms with Gasteiger partial charge in [-0.1, -0.05) is 13.8 Å². The van der Waals surface area contributed by atoms with Gasteiger partial charge in [0.2, 0.25) is 5.28 Å². The van der Waals surface area contributed by atoms with E-state index in [2.05, 4.69) is 34.8 Å². The molecule has 0 aliphatic carbocycles. The van der Waals surface area contributed by atoms with Gasteiger partial charge in [0, 0.05) is 13.1 Å². The first kappa shape index (κ1) is 12.2. The summed E-state index contributed by atoms with van der Waals surface area (Å²) in [7, 11) is 0. The molecule has 0 bridgehead atoms. The van der Waals surface area contributed by atoms with Crippen molar-refractivity contribution in [2.75, 3.05) is 18.0 Å². The predicted molar refractivity (Wildman–Crippen MR) is 77.7 cm³/mol. The van der Waals surface area contributed by atoms with Crippen molar-refractivity contribution < 1.29 is 0 Å². The lowest BCUT2D eigenvalue weighted by molar-refractivity contribution is 0.279. The number of hydrogen-bond acceptors (Lipinski definition) is 4. The van der Waals surface area contributed by atoms with Gasteiger partial charge < -0.3 is 4.90 Å². The molecule has 3 rings (SSSR count). The first-order valence-electron chi connectivity index (χ1n) is 6.21. The van der Waals surface area contributed by atoms with Crippen LogP contribution in [0.1, 0.15) is 26.7 Å². The van der Waals surface area contributed by atoms with E-state index in [-0.39, 0.29) is 0 Å². The summed E-state index contributed by atoms with van der Waals surface area (Å²) in [5, 5.41) is 3.53. The second kappa shape index (κ2) is 4.35. The molecule has 2 aromatic heterocycles. The van der Waals surface area contributed by atoms with Crippen molar-refractivity contribution in [3.63, 3.8) is 0 Å². The van der Waals surface area contributed by atoms with Crippen LogP contribution in [0, 0.1) is 5.41 Å². The van der Waals surface area contributed by atoms with Gasteiger partial charge in [-0.2, -0.15) is 4.98 Å². The fourth-order valence-electron chi connectivity index (χ4n) is 2.38. The first-order chi connectivity index (χ1) is 8.55. The minimum atomic E-state index is 0.352. The smallest absolute Gasteiger partial charge is 0.225 e. The van der Waals surface area contributed by atoms with Crippen molar-refractivity contribution in [3.05, 3.63) is 16.7 Å². The molecule has 1 aliphatic rings. The lowest BCUT2D eigenvalue weighted by Crippen LogP contribution is -2.37. The predicted octanol–water partition coefficient (Wildman–Crippen LogP) is 3.97. The van der Waals surface area contributed by atoms with Gasteiger partial charge >= 0.3 is 0 Å². The molecule has 0 amide bonds. The van der Waals surface area contributed by atoms with Gasteiger partial charge in [-0.05, 0) is 41.3 Å². The van der Waals surface area contributed by atoms with Crippen molar-refractivity contribution in [1.29, 1.82) is 0 Å². The van der Waals surface area contributed by atoms with Crippen LogP contribution < -0.4 is 4.90 Å². The van der Waals surface area contributed by atoms with E-state index in [1.807, 2.05) is 5.38 Å². The average Bonchev–Trinajstić information content (AvgIpc) is 2.76. The maximum absolute atomic E-state index is 6.01. The molecule has 0 unspecified atom stereocenters. The van der Waals surface area contributed by atoms with E-state index >= 15 is 0 Å². The van der Waals surface area contributed by atoms with E-state index in [1.54, 1.807) is 11.3 Å². The zero-order chi connectivity index (χ0) is 12.8. The Morgan fingerprint density at radius 1 is 1.28 bits per heavy atom. The maximum atomic E-state index is 6.01. The summed E-state index contributed by atoms with van der Waals surface area (Å²) in [4.78, 5) is 12.0. The largest absolute Gasteiger partial charge is 0.356 e. The Hall–Kier alpha value is -0.870. The Morgan fingerprint density at radius 2 is 2.00 bits per heavy atom. The van der Waals surface area contributed by atoms with E-state index in [9.17, 15) is 0 Å². The number of thiophene rings is 1. The summed E-state index contributed by atoms with van der Waals surface area (Å²) < 4.78 is 0. The molecule has 0 radical (unpaired) electrons. The number of piperidine rings is 1. The molecular formula is C13H16ClN3S. The number of hydrogen-bond donors (Lipinski definition) is 0. The van der Waals surface area contributed by atoms with Gasteiger partial charge in [-0.15, -0.1) is 11.3 Å². The van der Waals surface area contributed by atoms with E-state index in [4.69, 9.17) is 11.6 Å². The highest BCUT2D eigenvalue weighted by atomic mass is 35.5. The quantitative estimate of drug-likeness (QED) is 0.741. The van der Waals surface area contributed by atoms with Crippen molar-refractivity contribution in [3.8, 4) is 0 Å². The van der Waals surface area contributed by atoms with Gasteiger partial charge in [0.25, 0.3) is 0 Å². The third-order valence-electron chi connectivity index (χ3n) is 3.69. The SMILES string of the molecule is CC1(C)CCN(c2nc(Cl)nc3sccc23)CC1. The molecule has 0 aromatic carbocycles. The van der Waals surface area contributed by atoms with Crippen LogP contribution in [0.15, 0.2) is 11.4 Å². The van der Waals surface area contributed by atoms with Crippen LogP contribution >= 0.6 is 22.9 Å². The van der Waals surface area contributed by atoms with Crippen molar-refractivity contribution >= 4 is 39.0 Å². The van der Waals surface area contributed by atoms with Crippen LogP contribution in [0.3, 0.4) is 0 Å². The van der Waals surface area contributed by atoms with Crippen LogP contribution in [0.4, 0.5) is 5.82 Å². The van der Waals surface area contributed by atoms with Gasteiger partial charge in [0.15, 0.2) is 0 Å². The Balaban J connectivity index is 1.97. The molecule has 1 aliphatic heterocycles. The summed E-state index contributed by atoms with van der Waals surface area (Å²) in [6.07, 6.45) is 2.39. The number of aromatic nitrogens is 2. The maximum Gasteiger partial charge on any atom is 0.225 e. The summed E-state index contributed by atoms with van der Waals surface area (Å²) in [5.74, 6) is 1.00. The number of nitrogens with zero attached hydrogens (tertiary/aromatic N) is 3. The molecular weight excluding hydrogens is 266 g/mol. The number of halogens is 1. The topological polar surface area (TPSA) is 29.0 Å². The Labute approximate surface area is 116 Å². The molecule has 0 N–H and O–H groups in total. The fourth-order valence-corrected chi connectivity index (χ4v) is 3.35. The summed E-state index contributed by atoms with van der Waals surface area (Å²) in [6.45, 7) is 6.76. The molecule has 1 saturated heterocycles. The normalized spacial score (nSPS) is 19.4. The van der Waals surface area contributed by atoms with Gasteiger partial charge in [0.05, 0.1) is 5.39 Å². The molecule has 0 atom stereocenters. The molecule has 18 heavy (non-hydrogen) atoms. The van der Waals surface area contributed by atoms with Crippen molar-refractivity contribution in [2.24, 2.45) is 5.41 Å². The highest BCUT2D eigenvalue weighted by Crippen LogP contribution is 2.35. The fraction of sp³-hybridized carbons (Fsp3) is 0.538. The highest BCUT2D eigenvalue weighted by Gasteiger charge is 2.27. The second-order valence-electron chi connectivity index (χ2n) is 5.61. The lowest BCUT2D eigenvalue weighted by atomic mass is 9.83. The number of rotatable bonds is 1. The highest BCUT2D eigenvalue weighted by molar-refractivity contribution is 7.16. The third kappa shape index (κ3) is 2.19. The van der Waals surface area contributed by atoms with Gasteiger partial charge in [-0.3, -0.25) is 0 Å². The lowest BCUT2D eigenvalue weighted by Gasteiger charge is -2.37. The molecule has 96 valence electrons. The second-order valence-corrected chi connectivity index (χ2v) is 6.84. The molecule has 2 aromatic rings. The van der Waals surface area contributed by atoms with Crippen LogP contribution in [0.25, 0.3) is 10.2 Å². The van der Waals surface area contributed by atoms with Gasteiger partial charge in [0.1, 0.15) is 10.6 Å². The summed E-state index contributed by atoms with van der Waals surface area (Å²) in [6, 6.07) is 2.09. The van der Waals surface area contributed by atoms with Crippen LogP contribution in [-0.2, 0) is 0 Å². The summed E-state index contributed by atoms with van der Waals surface area (Å²) >= 11 is 7.63. The van der Waals surface area contributed by atoms with Crippen LogP contribution in [0.5, 0.6) is 0 Å². The average molecular weight is 282 g/mol. The van der Waals surface area contributed by atoms with E-state index in [1.165, 1.54) is 12.8 Å². The zero-order valence-corrected chi connectivity index (χ0v) is 12.2. The first-order valence-corrected chi connectivity index (χ1v) is 7.47. The Kier molecular flexibility index (Phi) is 2.94. The van der Waals surface area contributed by atoms with E-state index < -0.39 is 0 Å². The van der Waals surface area contributed by atoms with Crippen molar-refractivity contribution in [2.45, 2.75) is 26.7 Å². The molecule has 0 spiro atoms. The number of fused-ring (bicyclic) bond motifs is 1. The molecule has 0 saturated carbocycles. The Morgan fingerprint density at radius 3 is 2.72 bits per heavy atom. The molecule has 1 fully saturated rings. The van der Waals surface area contributed by atoms with Crippen LogP contribution in [-0.4, -0.2) is 23.1 Å².